The van der Waals surface area contributed by atoms with Crippen LogP contribution < -0.4 is 21.3 Å². The Labute approximate surface area is 189 Å². The Morgan fingerprint density at radius 2 is 2.12 bits per heavy atom. The van der Waals surface area contributed by atoms with Crippen LogP contribution in [0.2, 0.25) is 0 Å². The number of nitrogen functional groups attached to an aromatic ring is 1. The minimum atomic E-state index is -0.685. The van der Waals surface area contributed by atoms with Gasteiger partial charge in [-0.05, 0) is 63.0 Å². The van der Waals surface area contributed by atoms with Gasteiger partial charge >= 0.3 is 0 Å². The van der Waals surface area contributed by atoms with E-state index in [4.69, 9.17) is 15.2 Å². The molecule has 3 heterocycles. The topological polar surface area (TPSA) is 115 Å². The van der Waals surface area contributed by atoms with E-state index in [0.717, 1.165) is 32.4 Å². The second kappa shape index (κ2) is 8.14. The summed E-state index contributed by atoms with van der Waals surface area (Å²) >= 11 is 0. The summed E-state index contributed by atoms with van der Waals surface area (Å²) < 4.78 is 27.9. The Kier molecular flexibility index (Phi) is 5.27. The van der Waals surface area contributed by atoms with Gasteiger partial charge in [0.05, 0.1) is 41.2 Å². The molecule has 1 spiro atoms. The van der Waals surface area contributed by atoms with E-state index in [9.17, 15) is 14.4 Å². The summed E-state index contributed by atoms with van der Waals surface area (Å²) in [6.07, 6.45) is 4.08. The van der Waals surface area contributed by atoms with Crippen LogP contribution >= 0.6 is 0 Å². The molecule has 3 aromatic rings. The number of piperidine rings is 1. The molecule has 9 heteroatoms. The SMILES string of the molecule is Cc1ccc(F)c(Oc2ccc3ncn(C4COC5(CCNCC5)C4)c(=O)c3c2N)c1C#N. The largest absolute Gasteiger partial charge is 0.451 e. The predicted molar refractivity (Wildman–Crippen MR) is 121 cm³/mol. The molecule has 2 saturated heterocycles. The molecule has 2 aliphatic rings. The maximum absolute atomic E-state index is 14.5. The Hall–Kier alpha value is -3.48. The van der Waals surface area contributed by atoms with Crippen molar-refractivity contribution in [3.05, 3.63) is 57.9 Å². The second-order valence-electron chi connectivity index (χ2n) is 8.71. The average Bonchev–Trinajstić information content (AvgIpc) is 3.21. The zero-order chi connectivity index (χ0) is 23.2. The first-order valence-electron chi connectivity index (χ1n) is 10.9. The van der Waals surface area contributed by atoms with Gasteiger partial charge in [0.1, 0.15) is 11.6 Å². The van der Waals surface area contributed by atoms with E-state index in [-0.39, 0.29) is 45.3 Å². The van der Waals surface area contributed by atoms with Crippen molar-refractivity contribution in [2.45, 2.75) is 37.8 Å². The van der Waals surface area contributed by atoms with Crippen LogP contribution in [0.5, 0.6) is 11.5 Å². The summed E-state index contributed by atoms with van der Waals surface area (Å²) in [4.78, 5) is 17.9. The summed E-state index contributed by atoms with van der Waals surface area (Å²) in [7, 11) is 0. The molecule has 0 saturated carbocycles. The first kappa shape index (κ1) is 21.4. The minimum absolute atomic E-state index is 0.0552. The maximum Gasteiger partial charge on any atom is 0.263 e. The molecule has 0 aliphatic carbocycles. The van der Waals surface area contributed by atoms with Crippen LogP contribution in [0.3, 0.4) is 0 Å². The number of hydrogen-bond acceptors (Lipinski definition) is 7. The lowest BCUT2D eigenvalue weighted by Crippen LogP contribution is -2.41. The molecular formula is C24H24FN5O3. The van der Waals surface area contributed by atoms with Crippen molar-refractivity contribution in [3.8, 4) is 17.6 Å². The highest BCUT2D eigenvalue weighted by molar-refractivity contribution is 5.92. The van der Waals surface area contributed by atoms with Gasteiger partial charge < -0.3 is 20.5 Å². The number of halogens is 1. The molecule has 2 fully saturated rings. The molecule has 5 rings (SSSR count). The molecular weight excluding hydrogens is 425 g/mol. The van der Waals surface area contributed by atoms with E-state index in [1.165, 1.54) is 24.5 Å². The zero-order valence-corrected chi connectivity index (χ0v) is 18.2. The molecule has 1 unspecified atom stereocenters. The normalized spacial score (nSPS) is 19.6. The van der Waals surface area contributed by atoms with Crippen molar-refractivity contribution in [2.75, 3.05) is 25.4 Å². The van der Waals surface area contributed by atoms with Crippen LogP contribution in [-0.2, 0) is 4.74 Å². The summed E-state index contributed by atoms with van der Waals surface area (Å²) in [5.41, 5.74) is 6.94. The number of nitrogens with one attached hydrogen (secondary N) is 1. The first-order valence-corrected chi connectivity index (χ1v) is 10.9. The lowest BCUT2D eigenvalue weighted by atomic mass is 9.88. The van der Waals surface area contributed by atoms with Crippen molar-refractivity contribution in [3.63, 3.8) is 0 Å². The number of nitrogens with zero attached hydrogens (tertiary/aromatic N) is 3. The highest BCUT2D eigenvalue weighted by Gasteiger charge is 2.42. The van der Waals surface area contributed by atoms with Gasteiger partial charge in [-0.15, -0.1) is 0 Å². The summed E-state index contributed by atoms with van der Waals surface area (Å²) in [6.45, 7) is 3.91. The molecule has 3 N–H and O–H groups in total. The molecule has 2 aliphatic heterocycles. The van der Waals surface area contributed by atoms with Gasteiger partial charge in [0.25, 0.3) is 5.56 Å². The lowest BCUT2D eigenvalue weighted by molar-refractivity contribution is -0.0196. The fourth-order valence-corrected chi connectivity index (χ4v) is 4.81. The lowest BCUT2D eigenvalue weighted by Gasteiger charge is -2.32. The molecule has 1 atom stereocenters. The second-order valence-corrected chi connectivity index (χ2v) is 8.71. The first-order chi connectivity index (χ1) is 15.9. The third-order valence-electron chi connectivity index (χ3n) is 6.69. The monoisotopic (exact) mass is 449 g/mol. The number of aryl methyl sites for hydroxylation is 1. The molecule has 0 radical (unpaired) electrons. The van der Waals surface area contributed by atoms with E-state index in [1.54, 1.807) is 17.6 Å². The molecule has 8 nitrogen and oxygen atoms in total. The number of fused-ring (bicyclic) bond motifs is 1. The number of nitriles is 1. The molecule has 33 heavy (non-hydrogen) atoms. The number of nitrogens with two attached hydrogens (primary N) is 1. The minimum Gasteiger partial charge on any atom is -0.451 e. The van der Waals surface area contributed by atoms with Crippen molar-refractivity contribution in [2.24, 2.45) is 0 Å². The van der Waals surface area contributed by atoms with Gasteiger partial charge in [0, 0.05) is 0 Å². The summed E-state index contributed by atoms with van der Waals surface area (Å²) in [5.74, 6) is -0.807. The van der Waals surface area contributed by atoms with Gasteiger partial charge in [-0.25, -0.2) is 9.37 Å². The predicted octanol–water partition coefficient (Wildman–Crippen LogP) is 3.17. The highest BCUT2D eigenvalue weighted by Crippen LogP contribution is 2.39. The van der Waals surface area contributed by atoms with Gasteiger partial charge in [0.15, 0.2) is 17.3 Å². The standard InChI is InChI=1S/C24H24FN5O3/c1-14-2-3-17(25)22(16(14)11-26)33-19-5-4-18-20(21(19)27)23(31)30(13-29-18)15-10-24(32-12-15)6-8-28-9-7-24/h2-5,13,15,28H,6-10,12,27H2,1H3. The van der Waals surface area contributed by atoms with Crippen molar-refractivity contribution in [1.82, 2.24) is 14.9 Å². The van der Waals surface area contributed by atoms with Crippen LogP contribution in [0.4, 0.5) is 10.1 Å². The van der Waals surface area contributed by atoms with Gasteiger partial charge in [0.2, 0.25) is 0 Å². The smallest absolute Gasteiger partial charge is 0.263 e. The van der Waals surface area contributed by atoms with Gasteiger partial charge in [-0.3, -0.25) is 9.36 Å². The van der Waals surface area contributed by atoms with E-state index < -0.39 is 5.82 Å². The third kappa shape index (κ3) is 3.61. The van der Waals surface area contributed by atoms with Crippen LogP contribution in [0.25, 0.3) is 10.9 Å². The van der Waals surface area contributed by atoms with Crippen molar-refractivity contribution >= 4 is 16.6 Å². The summed E-state index contributed by atoms with van der Waals surface area (Å²) in [5, 5.41) is 13.0. The molecule has 170 valence electrons. The maximum atomic E-state index is 14.5. The van der Waals surface area contributed by atoms with Gasteiger partial charge in [-0.2, -0.15) is 5.26 Å². The van der Waals surface area contributed by atoms with Crippen LogP contribution in [0.15, 0.2) is 35.4 Å². The van der Waals surface area contributed by atoms with Crippen LogP contribution in [-0.4, -0.2) is 34.8 Å². The van der Waals surface area contributed by atoms with E-state index in [1.807, 2.05) is 6.07 Å². The Balaban J connectivity index is 1.54. The average molecular weight is 449 g/mol. The quantitative estimate of drug-likeness (QED) is 0.590. The van der Waals surface area contributed by atoms with Crippen molar-refractivity contribution in [1.29, 1.82) is 5.26 Å². The Bertz CT molecular complexity index is 1340. The van der Waals surface area contributed by atoms with Crippen LogP contribution in [0, 0.1) is 24.1 Å². The molecule has 2 aromatic carbocycles. The Morgan fingerprint density at radius 1 is 1.33 bits per heavy atom. The number of anilines is 1. The number of benzene rings is 2. The van der Waals surface area contributed by atoms with Crippen LogP contribution in [0.1, 0.15) is 36.4 Å². The fourth-order valence-electron chi connectivity index (χ4n) is 4.81. The number of hydrogen-bond donors (Lipinski definition) is 2. The fraction of sp³-hybridized carbons (Fsp3) is 0.375. The van der Waals surface area contributed by atoms with E-state index in [0.29, 0.717) is 17.7 Å². The third-order valence-corrected chi connectivity index (χ3v) is 6.69. The molecule has 1 aromatic heterocycles. The summed E-state index contributed by atoms with van der Waals surface area (Å²) in [6, 6.07) is 7.69. The van der Waals surface area contributed by atoms with Crippen molar-refractivity contribution < 1.29 is 13.9 Å². The molecule has 0 amide bonds. The van der Waals surface area contributed by atoms with E-state index >= 15 is 0 Å². The number of ether oxygens (including phenoxy) is 2. The zero-order valence-electron chi connectivity index (χ0n) is 18.2. The van der Waals surface area contributed by atoms with E-state index in [2.05, 4.69) is 10.3 Å². The Morgan fingerprint density at radius 3 is 2.88 bits per heavy atom. The van der Waals surface area contributed by atoms with Gasteiger partial charge in [-0.1, -0.05) is 6.07 Å². The number of rotatable bonds is 3. The number of aromatic nitrogens is 2. The molecule has 0 bridgehead atoms. The highest BCUT2D eigenvalue weighted by atomic mass is 19.1.